The topological polar surface area (TPSA) is 0 Å². The van der Waals surface area contributed by atoms with Crippen molar-refractivity contribution < 1.29 is 8.78 Å². The first-order chi connectivity index (χ1) is 6.18. The molecule has 0 aromatic heterocycles. The average molecular weight is 265 g/mol. The lowest BCUT2D eigenvalue weighted by Gasteiger charge is -2.02. The Morgan fingerprint density at radius 2 is 1.92 bits per heavy atom. The van der Waals surface area contributed by atoms with Crippen LogP contribution in [0.3, 0.4) is 0 Å². The van der Waals surface area contributed by atoms with Gasteiger partial charge in [-0.1, -0.05) is 34.1 Å². The van der Waals surface area contributed by atoms with Gasteiger partial charge in [-0.2, -0.15) is 8.78 Å². The third kappa shape index (κ3) is 4.43. The van der Waals surface area contributed by atoms with Gasteiger partial charge in [0.25, 0.3) is 6.08 Å². The molecule has 0 heterocycles. The molecule has 0 aliphatic rings. The van der Waals surface area contributed by atoms with E-state index in [9.17, 15) is 8.78 Å². The van der Waals surface area contributed by atoms with Gasteiger partial charge in [0.2, 0.25) is 0 Å². The lowest BCUT2D eigenvalue weighted by molar-refractivity contribution is 0.420. The monoisotopic (exact) mass is 264 g/mol. The second kappa shape index (κ2) is 5.40. The van der Waals surface area contributed by atoms with E-state index in [1.807, 2.05) is 30.3 Å². The molecule has 4 heteroatoms. The second-order valence-corrected chi connectivity index (χ2v) is 5.05. The van der Waals surface area contributed by atoms with Gasteiger partial charge in [-0.05, 0) is 12.1 Å². The van der Waals surface area contributed by atoms with Crippen molar-refractivity contribution in [2.24, 2.45) is 0 Å². The Hall–Kier alpha value is -0.350. The van der Waals surface area contributed by atoms with E-state index in [2.05, 4.69) is 15.9 Å². The van der Waals surface area contributed by atoms with Gasteiger partial charge in [-0.25, -0.2) is 0 Å². The zero-order valence-corrected chi connectivity index (χ0v) is 8.99. The summed E-state index contributed by atoms with van der Waals surface area (Å²) in [5.41, 5.74) is 0. The van der Waals surface area contributed by atoms with Gasteiger partial charge < -0.3 is 0 Å². The highest BCUT2D eigenvalue weighted by Crippen LogP contribution is 2.28. The van der Waals surface area contributed by atoms with Crippen LogP contribution < -0.4 is 0 Å². The molecular weight excluding hydrogens is 258 g/mol. The van der Waals surface area contributed by atoms with E-state index >= 15 is 0 Å². The summed E-state index contributed by atoms with van der Waals surface area (Å²) in [7, 11) is 0. The van der Waals surface area contributed by atoms with Crippen LogP contribution in [0.15, 0.2) is 47.4 Å². The molecule has 0 bridgehead atoms. The van der Waals surface area contributed by atoms with Crippen LogP contribution in [0.25, 0.3) is 0 Å². The number of thioether (sulfide) groups is 1. The minimum atomic E-state index is -1.66. The molecule has 0 amide bonds. The molecule has 0 aliphatic heterocycles. The minimum absolute atomic E-state index is 0.375. The molecule has 0 spiro atoms. The van der Waals surface area contributed by atoms with Gasteiger partial charge in [0.15, 0.2) is 0 Å². The fourth-order valence-electron chi connectivity index (χ4n) is 0.762. The number of halogens is 3. The molecule has 0 fully saturated rings. The number of rotatable bonds is 3. The Balaban J connectivity index is 2.55. The number of benzene rings is 1. The Labute approximate surface area is 88.2 Å². The summed E-state index contributed by atoms with van der Waals surface area (Å²) >= 11 is 4.45. The summed E-state index contributed by atoms with van der Waals surface area (Å²) in [5.74, 6) is 0. The van der Waals surface area contributed by atoms with Crippen LogP contribution in [0.4, 0.5) is 8.78 Å². The summed E-state index contributed by atoms with van der Waals surface area (Å²) in [5, 5.41) is 0. The van der Waals surface area contributed by atoms with Gasteiger partial charge in [0, 0.05) is 11.0 Å². The van der Waals surface area contributed by atoms with Gasteiger partial charge in [0.1, 0.15) is 0 Å². The predicted octanol–water partition coefficient (Wildman–Crippen LogP) is 4.28. The SMILES string of the molecule is FC(F)=CC(Br)Sc1ccccc1. The molecular formula is C9H7BrF2S. The number of alkyl halides is 1. The lowest BCUT2D eigenvalue weighted by atomic mass is 10.4. The molecule has 0 radical (unpaired) electrons. The molecule has 1 aromatic carbocycles. The third-order valence-electron chi connectivity index (χ3n) is 1.25. The maximum absolute atomic E-state index is 11.8. The Morgan fingerprint density at radius 3 is 2.46 bits per heavy atom. The Kier molecular flexibility index (Phi) is 4.45. The molecule has 0 aliphatic carbocycles. The number of hydrogen-bond acceptors (Lipinski definition) is 1. The standard InChI is InChI=1S/C9H7BrF2S/c10-8(6-9(11)12)13-7-4-2-1-3-5-7/h1-6,8H. The summed E-state index contributed by atoms with van der Waals surface area (Å²) < 4.78 is 23.2. The van der Waals surface area contributed by atoms with Crippen LogP contribution in [0.2, 0.25) is 0 Å². The largest absolute Gasteiger partial charge is 0.268 e. The quantitative estimate of drug-likeness (QED) is 0.580. The van der Waals surface area contributed by atoms with Crippen LogP contribution >= 0.6 is 27.7 Å². The second-order valence-electron chi connectivity index (χ2n) is 2.24. The van der Waals surface area contributed by atoms with Gasteiger partial charge in [0.05, 0.1) is 4.16 Å². The lowest BCUT2D eigenvalue weighted by Crippen LogP contribution is -1.84. The predicted molar refractivity (Wildman–Crippen MR) is 55.3 cm³/mol. The van der Waals surface area contributed by atoms with Crippen molar-refractivity contribution in [3.8, 4) is 0 Å². The molecule has 1 atom stereocenters. The molecule has 0 saturated carbocycles. The first kappa shape index (κ1) is 10.7. The molecule has 0 N–H and O–H groups in total. The summed E-state index contributed by atoms with van der Waals surface area (Å²) in [6.45, 7) is 0. The van der Waals surface area contributed by atoms with E-state index < -0.39 is 6.08 Å². The fraction of sp³-hybridized carbons (Fsp3) is 0.111. The average Bonchev–Trinajstić information content (AvgIpc) is 2.04. The third-order valence-corrected chi connectivity index (χ3v) is 2.98. The molecule has 1 rings (SSSR count). The van der Waals surface area contributed by atoms with Gasteiger partial charge in [-0.3, -0.25) is 0 Å². The van der Waals surface area contributed by atoms with E-state index in [1.165, 1.54) is 11.8 Å². The van der Waals surface area contributed by atoms with E-state index in [1.54, 1.807) is 0 Å². The first-order valence-electron chi connectivity index (χ1n) is 3.57. The fourth-order valence-corrected chi connectivity index (χ4v) is 2.35. The van der Waals surface area contributed by atoms with Crippen molar-refractivity contribution >= 4 is 27.7 Å². The van der Waals surface area contributed by atoms with E-state index in [0.717, 1.165) is 11.0 Å². The normalized spacial score (nSPS) is 12.2. The van der Waals surface area contributed by atoms with Crippen LogP contribution in [0.1, 0.15) is 0 Å². The maximum Gasteiger partial charge on any atom is 0.268 e. The van der Waals surface area contributed by atoms with Crippen molar-refractivity contribution in [3.05, 3.63) is 42.5 Å². The highest BCUT2D eigenvalue weighted by atomic mass is 79.9. The number of hydrogen-bond donors (Lipinski definition) is 0. The summed E-state index contributed by atoms with van der Waals surface area (Å²) in [4.78, 5) is 0.960. The van der Waals surface area contributed by atoms with E-state index in [4.69, 9.17) is 0 Å². The highest BCUT2D eigenvalue weighted by Gasteiger charge is 2.04. The van der Waals surface area contributed by atoms with Gasteiger partial charge in [-0.15, -0.1) is 11.8 Å². The molecule has 70 valence electrons. The maximum atomic E-state index is 11.8. The van der Waals surface area contributed by atoms with Crippen LogP contribution in [0.5, 0.6) is 0 Å². The van der Waals surface area contributed by atoms with Crippen LogP contribution in [-0.4, -0.2) is 4.16 Å². The molecule has 0 saturated heterocycles. The van der Waals surface area contributed by atoms with Crippen molar-refractivity contribution in [2.75, 3.05) is 0 Å². The van der Waals surface area contributed by atoms with Crippen LogP contribution in [0, 0.1) is 0 Å². The van der Waals surface area contributed by atoms with Crippen LogP contribution in [-0.2, 0) is 0 Å². The molecule has 1 aromatic rings. The Morgan fingerprint density at radius 1 is 1.31 bits per heavy atom. The summed E-state index contributed by atoms with van der Waals surface area (Å²) in [6, 6.07) is 9.39. The zero-order chi connectivity index (χ0) is 9.68. The van der Waals surface area contributed by atoms with Crippen molar-refractivity contribution in [3.63, 3.8) is 0 Å². The van der Waals surface area contributed by atoms with E-state index in [0.29, 0.717) is 0 Å². The van der Waals surface area contributed by atoms with Gasteiger partial charge >= 0.3 is 0 Å². The van der Waals surface area contributed by atoms with E-state index in [-0.39, 0.29) is 4.16 Å². The first-order valence-corrected chi connectivity index (χ1v) is 5.36. The Bertz CT molecular complexity index is 283. The summed E-state index contributed by atoms with van der Waals surface area (Å²) in [6.07, 6.45) is -0.789. The van der Waals surface area contributed by atoms with Crippen molar-refractivity contribution in [2.45, 2.75) is 9.05 Å². The molecule has 13 heavy (non-hydrogen) atoms. The smallest absolute Gasteiger partial charge is 0.174 e. The van der Waals surface area contributed by atoms with Crippen molar-refractivity contribution in [1.82, 2.24) is 0 Å². The molecule has 1 unspecified atom stereocenters. The zero-order valence-electron chi connectivity index (χ0n) is 6.58. The highest BCUT2D eigenvalue weighted by molar-refractivity contribution is 9.11. The van der Waals surface area contributed by atoms with Crippen molar-refractivity contribution in [1.29, 1.82) is 0 Å². The molecule has 0 nitrogen and oxygen atoms in total. The minimum Gasteiger partial charge on any atom is -0.174 e.